The van der Waals surface area contributed by atoms with Crippen LogP contribution in [-0.4, -0.2) is 24.4 Å². The molecule has 2 aliphatic rings. The van der Waals surface area contributed by atoms with Crippen molar-refractivity contribution in [2.75, 3.05) is 11.4 Å². The van der Waals surface area contributed by atoms with Crippen molar-refractivity contribution in [1.82, 2.24) is 5.32 Å². The van der Waals surface area contributed by atoms with Crippen molar-refractivity contribution in [3.8, 4) is 0 Å². The number of anilines is 1. The number of hydrogen-bond donors (Lipinski definition) is 1. The van der Waals surface area contributed by atoms with Crippen molar-refractivity contribution >= 4 is 17.5 Å². The normalized spacial score (nSPS) is 22.1. The molecule has 1 aromatic rings. The number of para-hydroxylation sites is 1. The lowest BCUT2D eigenvalue weighted by Gasteiger charge is -2.16. The summed E-state index contributed by atoms with van der Waals surface area (Å²) < 4.78 is 0. The lowest BCUT2D eigenvalue weighted by Crippen LogP contribution is -2.39. The molecule has 2 amide bonds. The van der Waals surface area contributed by atoms with Crippen molar-refractivity contribution in [3.63, 3.8) is 0 Å². The fourth-order valence-electron chi connectivity index (χ4n) is 3.18. The fraction of sp³-hybridized carbons (Fsp3) is 0.444. The Morgan fingerprint density at radius 2 is 1.95 bits per heavy atom. The summed E-state index contributed by atoms with van der Waals surface area (Å²) >= 11 is 0. The van der Waals surface area contributed by atoms with Gasteiger partial charge in [-0.05, 0) is 50.8 Å². The molecule has 1 aromatic carbocycles. The summed E-state index contributed by atoms with van der Waals surface area (Å²) in [6.07, 6.45) is 8.47. The van der Waals surface area contributed by atoms with Gasteiger partial charge in [0.25, 0.3) is 5.91 Å². The summed E-state index contributed by atoms with van der Waals surface area (Å²) in [5, 5.41) is 3.26. The van der Waals surface area contributed by atoms with Crippen LogP contribution in [0, 0.1) is 0 Å². The Hall–Kier alpha value is -1.94. The number of carbonyl (C=O) groups excluding carboxylic acids is 2. The van der Waals surface area contributed by atoms with Gasteiger partial charge in [-0.2, -0.15) is 0 Å². The predicted octanol–water partition coefficient (Wildman–Crippen LogP) is 2.80. The zero-order valence-electron chi connectivity index (χ0n) is 12.8. The zero-order valence-corrected chi connectivity index (χ0v) is 12.8. The second-order valence-electron chi connectivity index (χ2n) is 5.97. The molecule has 1 aliphatic heterocycles. The molecule has 0 spiro atoms. The summed E-state index contributed by atoms with van der Waals surface area (Å²) in [6, 6.07) is 8.77. The van der Waals surface area contributed by atoms with Gasteiger partial charge < -0.3 is 5.32 Å². The van der Waals surface area contributed by atoms with Gasteiger partial charge in [-0.1, -0.05) is 29.8 Å². The molecule has 116 valence electrons. The molecule has 1 heterocycles. The van der Waals surface area contributed by atoms with Crippen LogP contribution in [0.15, 0.2) is 42.0 Å². The van der Waals surface area contributed by atoms with Gasteiger partial charge in [0, 0.05) is 0 Å². The third-order valence-electron chi connectivity index (χ3n) is 4.38. The minimum absolute atomic E-state index is 0.120. The van der Waals surface area contributed by atoms with Crippen molar-refractivity contribution < 1.29 is 9.59 Å². The second kappa shape index (κ2) is 6.88. The SMILES string of the molecule is O=C1CC(NCCC2=CCCCC2)C(=O)N1c1ccccc1. The lowest BCUT2D eigenvalue weighted by molar-refractivity contribution is -0.121. The molecule has 4 nitrogen and oxygen atoms in total. The molecule has 0 aromatic heterocycles. The molecule has 22 heavy (non-hydrogen) atoms. The summed E-state index contributed by atoms with van der Waals surface area (Å²) in [4.78, 5) is 25.8. The minimum atomic E-state index is -0.378. The number of nitrogens with zero attached hydrogens (tertiary/aromatic N) is 1. The quantitative estimate of drug-likeness (QED) is 0.672. The monoisotopic (exact) mass is 298 g/mol. The predicted molar refractivity (Wildman–Crippen MR) is 86.5 cm³/mol. The topological polar surface area (TPSA) is 49.4 Å². The molecule has 1 atom stereocenters. The van der Waals surface area contributed by atoms with E-state index >= 15 is 0 Å². The number of allylic oxidation sites excluding steroid dienone is 1. The molecule has 3 rings (SSSR count). The first-order valence-corrected chi connectivity index (χ1v) is 8.09. The molecule has 0 radical (unpaired) electrons. The summed E-state index contributed by atoms with van der Waals surface area (Å²) in [6.45, 7) is 0.762. The average Bonchev–Trinajstić information content (AvgIpc) is 2.83. The number of rotatable bonds is 5. The molecule has 1 N–H and O–H groups in total. The van der Waals surface area contributed by atoms with E-state index in [1.165, 1.54) is 36.2 Å². The molecule has 1 saturated heterocycles. The van der Waals surface area contributed by atoms with Crippen LogP contribution in [0.4, 0.5) is 5.69 Å². The van der Waals surface area contributed by atoms with E-state index in [0.29, 0.717) is 5.69 Å². The van der Waals surface area contributed by atoms with Crippen LogP contribution in [0.25, 0.3) is 0 Å². The lowest BCUT2D eigenvalue weighted by atomic mass is 9.97. The molecule has 0 bridgehead atoms. The van der Waals surface area contributed by atoms with E-state index < -0.39 is 0 Å². The Balaban J connectivity index is 1.56. The number of nitrogens with one attached hydrogen (secondary N) is 1. The smallest absolute Gasteiger partial charge is 0.251 e. The number of benzene rings is 1. The Morgan fingerprint density at radius 1 is 1.14 bits per heavy atom. The first kappa shape index (κ1) is 15.0. The van der Waals surface area contributed by atoms with E-state index in [9.17, 15) is 9.59 Å². The van der Waals surface area contributed by atoms with E-state index in [0.717, 1.165) is 13.0 Å². The Labute approximate surface area is 131 Å². The third kappa shape index (κ3) is 3.28. The molecule has 1 unspecified atom stereocenters. The summed E-state index contributed by atoms with van der Waals surface area (Å²) in [5.41, 5.74) is 2.15. The number of imide groups is 1. The Morgan fingerprint density at radius 3 is 2.68 bits per heavy atom. The van der Waals surface area contributed by atoms with Crippen LogP contribution in [0.1, 0.15) is 38.5 Å². The fourth-order valence-corrected chi connectivity index (χ4v) is 3.18. The first-order chi connectivity index (χ1) is 10.8. The van der Waals surface area contributed by atoms with Gasteiger partial charge >= 0.3 is 0 Å². The van der Waals surface area contributed by atoms with Gasteiger partial charge in [0.15, 0.2) is 0 Å². The van der Waals surface area contributed by atoms with E-state index in [2.05, 4.69) is 11.4 Å². The molecule has 4 heteroatoms. The van der Waals surface area contributed by atoms with Crippen molar-refractivity contribution in [3.05, 3.63) is 42.0 Å². The van der Waals surface area contributed by atoms with Gasteiger partial charge in [-0.15, -0.1) is 0 Å². The highest BCUT2D eigenvalue weighted by molar-refractivity contribution is 6.22. The number of amides is 2. The van der Waals surface area contributed by atoms with Crippen molar-refractivity contribution in [2.24, 2.45) is 0 Å². The van der Waals surface area contributed by atoms with Gasteiger partial charge in [0.05, 0.1) is 18.2 Å². The Bertz CT molecular complexity index is 580. The van der Waals surface area contributed by atoms with E-state index in [1.54, 1.807) is 12.1 Å². The van der Waals surface area contributed by atoms with Crippen LogP contribution in [-0.2, 0) is 9.59 Å². The maximum Gasteiger partial charge on any atom is 0.251 e. The van der Waals surface area contributed by atoms with E-state index in [-0.39, 0.29) is 24.3 Å². The Kier molecular flexibility index (Phi) is 4.68. The third-order valence-corrected chi connectivity index (χ3v) is 4.38. The van der Waals surface area contributed by atoms with Crippen LogP contribution in [0.5, 0.6) is 0 Å². The average molecular weight is 298 g/mol. The highest BCUT2D eigenvalue weighted by Gasteiger charge is 2.38. The second-order valence-corrected chi connectivity index (χ2v) is 5.97. The summed E-state index contributed by atoms with van der Waals surface area (Å²) in [5.74, 6) is -0.251. The zero-order chi connectivity index (χ0) is 15.4. The number of carbonyl (C=O) groups is 2. The van der Waals surface area contributed by atoms with E-state index in [4.69, 9.17) is 0 Å². The largest absolute Gasteiger partial charge is 0.305 e. The maximum atomic E-state index is 12.4. The highest BCUT2D eigenvalue weighted by atomic mass is 16.2. The first-order valence-electron chi connectivity index (χ1n) is 8.09. The molecule has 1 aliphatic carbocycles. The van der Waals surface area contributed by atoms with Crippen LogP contribution >= 0.6 is 0 Å². The van der Waals surface area contributed by atoms with Crippen molar-refractivity contribution in [1.29, 1.82) is 0 Å². The molecule has 1 fully saturated rings. The summed E-state index contributed by atoms with van der Waals surface area (Å²) in [7, 11) is 0. The molecular formula is C18H22N2O2. The maximum absolute atomic E-state index is 12.4. The van der Waals surface area contributed by atoms with Crippen LogP contribution in [0.3, 0.4) is 0 Å². The minimum Gasteiger partial charge on any atom is -0.305 e. The highest BCUT2D eigenvalue weighted by Crippen LogP contribution is 2.23. The molecular weight excluding hydrogens is 276 g/mol. The number of hydrogen-bond acceptors (Lipinski definition) is 3. The molecule has 0 saturated carbocycles. The van der Waals surface area contributed by atoms with Crippen LogP contribution in [0.2, 0.25) is 0 Å². The van der Waals surface area contributed by atoms with Crippen LogP contribution < -0.4 is 10.2 Å². The van der Waals surface area contributed by atoms with Crippen molar-refractivity contribution in [2.45, 2.75) is 44.6 Å². The van der Waals surface area contributed by atoms with Gasteiger partial charge in [0.2, 0.25) is 5.91 Å². The van der Waals surface area contributed by atoms with Gasteiger partial charge in [-0.25, -0.2) is 4.90 Å². The van der Waals surface area contributed by atoms with Gasteiger partial charge in [0.1, 0.15) is 0 Å². The van der Waals surface area contributed by atoms with E-state index in [1.807, 2.05) is 18.2 Å². The van der Waals surface area contributed by atoms with Gasteiger partial charge in [-0.3, -0.25) is 9.59 Å². The standard InChI is InChI=1S/C18H22N2O2/c21-17-13-16(19-12-11-14-7-3-1-4-8-14)18(22)20(17)15-9-5-2-6-10-15/h2,5-7,9-10,16,19H,1,3-4,8,11-13H2.